The van der Waals surface area contributed by atoms with Crippen molar-refractivity contribution in [2.45, 2.75) is 33.4 Å². The lowest BCUT2D eigenvalue weighted by atomic mass is 10.1. The van der Waals surface area contributed by atoms with Gasteiger partial charge >= 0.3 is 11.7 Å². The van der Waals surface area contributed by atoms with Crippen molar-refractivity contribution in [1.82, 2.24) is 23.1 Å². The van der Waals surface area contributed by atoms with Crippen LogP contribution in [0.1, 0.15) is 31.1 Å². The second-order valence-corrected chi connectivity index (χ2v) is 7.22. The van der Waals surface area contributed by atoms with Gasteiger partial charge in [0.1, 0.15) is 6.54 Å². The maximum absolute atomic E-state index is 13.1. The zero-order valence-electron chi connectivity index (χ0n) is 17.3. The largest absolute Gasteiger partial charge is 0.465 e. The van der Waals surface area contributed by atoms with Gasteiger partial charge in [-0.25, -0.2) is 9.36 Å². The summed E-state index contributed by atoms with van der Waals surface area (Å²) in [7, 11) is 1.54. The van der Waals surface area contributed by atoms with E-state index in [9.17, 15) is 14.4 Å². The molecule has 9 nitrogen and oxygen atoms in total. The highest BCUT2D eigenvalue weighted by Crippen LogP contribution is 2.25. The van der Waals surface area contributed by atoms with E-state index in [0.717, 1.165) is 15.8 Å². The van der Waals surface area contributed by atoms with Crippen molar-refractivity contribution < 1.29 is 9.53 Å². The minimum absolute atomic E-state index is 0.0284. The fourth-order valence-electron chi connectivity index (χ4n) is 3.86. The molecular formula is C21H23N5O4. The number of aryl methyl sites for hydroxylation is 2. The normalized spacial score (nSPS) is 12.5. The number of hydrogen-bond donors (Lipinski definition) is 0. The molecule has 0 amide bonds. The van der Waals surface area contributed by atoms with E-state index in [1.54, 1.807) is 11.3 Å². The highest BCUT2D eigenvalue weighted by atomic mass is 16.5. The molecule has 0 unspecified atom stereocenters. The van der Waals surface area contributed by atoms with Crippen LogP contribution in [0.3, 0.4) is 0 Å². The Hall–Kier alpha value is -3.62. The van der Waals surface area contributed by atoms with Crippen LogP contribution in [0.5, 0.6) is 0 Å². The summed E-state index contributed by atoms with van der Waals surface area (Å²) in [6.45, 7) is 5.40. The summed E-state index contributed by atoms with van der Waals surface area (Å²) in [4.78, 5) is 42.4. The number of nitrogens with zero attached hydrogens (tertiary/aromatic N) is 5. The number of fused-ring (bicyclic) bond motifs is 3. The molecule has 0 fully saturated rings. The molecule has 0 spiro atoms. The number of ether oxygens (including phenoxy) is 1. The maximum Gasteiger partial charge on any atom is 0.333 e. The van der Waals surface area contributed by atoms with Gasteiger partial charge < -0.3 is 9.30 Å². The van der Waals surface area contributed by atoms with Gasteiger partial charge in [0.15, 0.2) is 11.2 Å². The summed E-state index contributed by atoms with van der Waals surface area (Å²) in [5.41, 5.74) is 1.35. The van der Waals surface area contributed by atoms with E-state index in [1.807, 2.05) is 48.0 Å². The van der Waals surface area contributed by atoms with Crippen molar-refractivity contribution in [3.05, 3.63) is 68.6 Å². The monoisotopic (exact) mass is 409 g/mol. The molecule has 9 heteroatoms. The average molecular weight is 409 g/mol. The molecule has 0 saturated carbocycles. The summed E-state index contributed by atoms with van der Waals surface area (Å²) >= 11 is 0. The third-order valence-corrected chi connectivity index (χ3v) is 5.33. The van der Waals surface area contributed by atoms with Crippen LogP contribution in [0.4, 0.5) is 0 Å². The maximum atomic E-state index is 13.1. The Kier molecular flexibility index (Phi) is 4.81. The number of imidazole rings is 2. The zero-order chi connectivity index (χ0) is 21.6. The lowest BCUT2D eigenvalue weighted by molar-refractivity contribution is -0.143. The number of carbonyl (C=O) groups is 1. The van der Waals surface area contributed by atoms with Crippen LogP contribution in [-0.4, -0.2) is 35.7 Å². The Morgan fingerprint density at radius 1 is 1.20 bits per heavy atom. The Balaban J connectivity index is 1.97. The summed E-state index contributed by atoms with van der Waals surface area (Å²) < 4.78 is 10.8. The van der Waals surface area contributed by atoms with Crippen molar-refractivity contribution in [2.75, 3.05) is 6.61 Å². The van der Waals surface area contributed by atoms with Crippen molar-refractivity contribution in [3.63, 3.8) is 0 Å². The van der Waals surface area contributed by atoms with Gasteiger partial charge in [0, 0.05) is 18.9 Å². The van der Waals surface area contributed by atoms with Gasteiger partial charge in [-0.2, -0.15) is 4.98 Å². The van der Waals surface area contributed by atoms with Crippen molar-refractivity contribution in [2.24, 2.45) is 7.05 Å². The molecule has 1 atom stereocenters. The van der Waals surface area contributed by atoms with Crippen LogP contribution < -0.4 is 11.2 Å². The van der Waals surface area contributed by atoms with Crippen LogP contribution >= 0.6 is 0 Å². The number of rotatable bonds is 5. The fourth-order valence-corrected chi connectivity index (χ4v) is 3.86. The van der Waals surface area contributed by atoms with E-state index in [2.05, 4.69) is 11.9 Å². The molecule has 0 bridgehead atoms. The zero-order valence-corrected chi connectivity index (χ0v) is 17.3. The Morgan fingerprint density at radius 2 is 1.90 bits per heavy atom. The number of aromatic nitrogens is 5. The SMILES string of the molecule is CCOC(=O)Cn1c(=O)c2c(nc3n([C@H](C)c4ccccc4)c(C)cn23)n(C)c1=O. The molecule has 0 aliphatic rings. The molecule has 1 aromatic carbocycles. The number of carbonyl (C=O) groups excluding carboxylic acids is 1. The lowest BCUT2D eigenvalue weighted by Crippen LogP contribution is -2.41. The standard InChI is InChI=1S/C21H23N5O4/c1-5-30-16(27)12-25-19(28)17-18(23(4)21(25)29)22-20-24(17)11-13(2)26(20)14(3)15-9-7-6-8-10-15/h6-11,14H,5,12H2,1-4H3/t14-/m1/s1. The summed E-state index contributed by atoms with van der Waals surface area (Å²) in [6.07, 6.45) is 1.82. The van der Waals surface area contributed by atoms with Gasteiger partial charge in [-0.3, -0.25) is 18.6 Å². The van der Waals surface area contributed by atoms with Gasteiger partial charge in [-0.15, -0.1) is 0 Å². The molecule has 0 aliphatic carbocycles. The van der Waals surface area contributed by atoms with E-state index < -0.39 is 23.8 Å². The first-order valence-electron chi connectivity index (χ1n) is 9.75. The highest BCUT2D eigenvalue weighted by molar-refractivity contribution is 5.76. The second-order valence-electron chi connectivity index (χ2n) is 7.22. The van der Waals surface area contributed by atoms with Crippen LogP contribution in [0, 0.1) is 6.92 Å². The molecule has 3 aromatic heterocycles. The number of esters is 1. The minimum atomic E-state index is -0.636. The van der Waals surface area contributed by atoms with Crippen molar-refractivity contribution in [1.29, 1.82) is 0 Å². The van der Waals surface area contributed by atoms with Gasteiger partial charge in [0.05, 0.1) is 12.6 Å². The van der Waals surface area contributed by atoms with Gasteiger partial charge in [0.2, 0.25) is 5.78 Å². The molecule has 0 radical (unpaired) electrons. The second kappa shape index (κ2) is 7.33. The van der Waals surface area contributed by atoms with Gasteiger partial charge in [0.25, 0.3) is 5.56 Å². The molecule has 3 heterocycles. The van der Waals surface area contributed by atoms with Crippen LogP contribution in [0.25, 0.3) is 16.9 Å². The van der Waals surface area contributed by atoms with Crippen LogP contribution in [0.2, 0.25) is 0 Å². The topological polar surface area (TPSA) is 92.5 Å². The smallest absolute Gasteiger partial charge is 0.333 e. The van der Waals surface area contributed by atoms with E-state index in [4.69, 9.17) is 4.74 Å². The van der Waals surface area contributed by atoms with E-state index in [0.29, 0.717) is 5.78 Å². The van der Waals surface area contributed by atoms with Crippen molar-refractivity contribution >= 4 is 22.9 Å². The Bertz CT molecular complexity index is 1370. The number of hydrogen-bond acceptors (Lipinski definition) is 5. The molecule has 4 aromatic rings. The summed E-state index contributed by atoms with van der Waals surface area (Å²) in [6, 6.07) is 9.94. The molecule has 0 aliphatic heterocycles. The molecular weight excluding hydrogens is 386 g/mol. The predicted molar refractivity (Wildman–Crippen MR) is 112 cm³/mol. The molecule has 0 saturated heterocycles. The fraction of sp³-hybridized carbons (Fsp3) is 0.333. The average Bonchev–Trinajstić information content (AvgIpc) is 3.24. The lowest BCUT2D eigenvalue weighted by Gasteiger charge is -2.16. The number of benzene rings is 1. The Morgan fingerprint density at radius 3 is 2.57 bits per heavy atom. The predicted octanol–water partition coefficient (Wildman–Crippen LogP) is 1.63. The molecule has 0 N–H and O–H groups in total. The first-order valence-corrected chi connectivity index (χ1v) is 9.75. The van der Waals surface area contributed by atoms with E-state index in [1.165, 1.54) is 11.6 Å². The molecule has 156 valence electrons. The van der Waals surface area contributed by atoms with Crippen LogP contribution in [0.15, 0.2) is 46.1 Å². The first-order chi connectivity index (χ1) is 14.3. The highest BCUT2D eigenvalue weighted by Gasteiger charge is 2.23. The minimum Gasteiger partial charge on any atom is -0.465 e. The summed E-state index contributed by atoms with van der Waals surface area (Å²) in [5.74, 6) is -0.0805. The van der Waals surface area contributed by atoms with Gasteiger partial charge in [-0.05, 0) is 26.3 Å². The summed E-state index contributed by atoms with van der Waals surface area (Å²) in [5, 5.41) is 0. The molecule has 4 rings (SSSR count). The third kappa shape index (κ3) is 2.94. The Labute approximate surface area is 171 Å². The molecule has 30 heavy (non-hydrogen) atoms. The van der Waals surface area contributed by atoms with Gasteiger partial charge in [-0.1, -0.05) is 30.3 Å². The van der Waals surface area contributed by atoms with E-state index in [-0.39, 0.29) is 23.8 Å². The van der Waals surface area contributed by atoms with E-state index >= 15 is 0 Å². The quantitative estimate of drug-likeness (QED) is 0.467. The first kappa shape index (κ1) is 19.7. The van der Waals surface area contributed by atoms with Crippen LogP contribution in [-0.2, 0) is 23.1 Å². The third-order valence-electron chi connectivity index (χ3n) is 5.33. The van der Waals surface area contributed by atoms with Crippen molar-refractivity contribution in [3.8, 4) is 0 Å².